The summed E-state index contributed by atoms with van der Waals surface area (Å²) in [6.45, 7) is 0. The highest BCUT2D eigenvalue weighted by Gasteiger charge is 2.20. The van der Waals surface area contributed by atoms with Gasteiger partial charge in [-0.05, 0) is 36.4 Å². The molecule has 0 saturated carbocycles. The maximum absolute atomic E-state index is 6.00. The minimum atomic E-state index is 0.163. The fourth-order valence-electron chi connectivity index (χ4n) is 3.54. The third kappa shape index (κ3) is 2.39. The number of nitrogens with one attached hydrogen (secondary N) is 3. The van der Waals surface area contributed by atoms with Crippen LogP contribution in [0.3, 0.4) is 0 Å². The minimum Gasteiger partial charge on any atom is -0.368 e. The quantitative estimate of drug-likeness (QED) is 0.368. The lowest BCUT2D eigenvalue weighted by Gasteiger charge is -2.25. The van der Waals surface area contributed by atoms with Crippen LogP contribution in [0.4, 0.5) is 23.1 Å². The molecule has 5 N–H and O–H groups in total. The Morgan fingerprint density at radius 1 is 0.724 bits per heavy atom. The van der Waals surface area contributed by atoms with Crippen molar-refractivity contribution in [3.05, 3.63) is 55.0 Å². The van der Waals surface area contributed by atoms with E-state index in [-0.39, 0.29) is 5.95 Å². The second kappa shape index (κ2) is 5.76. The van der Waals surface area contributed by atoms with Crippen LogP contribution < -0.4 is 10.6 Å². The van der Waals surface area contributed by atoms with Crippen LogP contribution in [-0.4, -0.2) is 40.6 Å². The maximum Gasteiger partial charge on any atom is 0.224 e. The van der Waals surface area contributed by atoms with Crippen molar-refractivity contribution in [3.8, 4) is 0 Å². The third-order valence-electron chi connectivity index (χ3n) is 4.88. The standard InChI is InChI=1S/C19H14N10/c20-19-24-17-14(9-23-28-17)18(25-19)29(12-1-3-15-10(5-12)7-21-26-15)13-2-4-16-11(6-13)8-22-27-16/h1-9H,(H,21,26)(H,22,27)(H3,20,23,24,25,28). The average Bonchev–Trinajstić information content (AvgIpc) is 3.47. The summed E-state index contributed by atoms with van der Waals surface area (Å²) in [6.07, 6.45) is 5.28. The summed E-state index contributed by atoms with van der Waals surface area (Å²) in [5.41, 5.74) is 10.3. The Labute approximate surface area is 162 Å². The average molecular weight is 382 g/mol. The molecule has 0 aliphatic heterocycles. The number of hydrogen-bond donors (Lipinski definition) is 4. The number of hydrogen-bond acceptors (Lipinski definition) is 7. The highest BCUT2D eigenvalue weighted by atomic mass is 15.2. The third-order valence-corrected chi connectivity index (χ3v) is 4.88. The first-order valence-corrected chi connectivity index (χ1v) is 8.89. The predicted octanol–water partition coefficient (Wildman–Crippen LogP) is 3.16. The van der Waals surface area contributed by atoms with Crippen LogP contribution in [0.5, 0.6) is 0 Å². The van der Waals surface area contributed by atoms with Crippen LogP contribution in [0.15, 0.2) is 55.0 Å². The van der Waals surface area contributed by atoms with E-state index in [0.29, 0.717) is 11.5 Å². The normalized spacial score (nSPS) is 11.6. The van der Waals surface area contributed by atoms with Crippen LogP contribution in [0, 0.1) is 0 Å². The molecule has 4 heterocycles. The van der Waals surface area contributed by atoms with Crippen LogP contribution in [0.1, 0.15) is 0 Å². The molecular formula is C19H14N10. The van der Waals surface area contributed by atoms with E-state index in [9.17, 15) is 0 Å². The van der Waals surface area contributed by atoms with E-state index in [4.69, 9.17) is 5.73 Å². The molecule has 0 radical (unpaired) electrons. The molecule has 0 saturated heterocycles. The van der Waals surface area contributed by atoms with Gasteiger partial charge in [0.15, 0.2) is 11.5 Å². The smallest absolute Gasteiger partial charge is 0.224 e. The number of H-pyrrole nitrogens is 3. The van der Waals surface area contributed by atoms with Crippen LogP contribution in [0.25, 0.3) is 32.8 Å². The number of nitrogens with two attached hydrogens (primary N) is 1. The topological polar surface area (TPSA) is 141 Å². The number of fused-ring (bicyclic) bond motifs is 3. The van der Waals surface area contributed by atoms with Gasteiger partial charge in [-0.1, -0.05) is 0 Å². The molecule has 0 aliphatic carbocycles. The van der Waals surface area contributed by atoms with Gasteiger partial charge < -0.3 is 5.73 Å². The Hall–Kier alpha value is -4.47. The van der Waals surface area contributed by atoms with Crippen molar-refractivity contribution in [2.45, 2.75) is 0 Å². The summed E-state index contributed by atoms with van der Waals surface area (Å²) in [5, 5.41) is 23.9. The van der Waals surface area contributed by atoms with Gasteiger partial charge in [-0.2, -0.15) is 25.3 Å². The fourth-order valence-corrected chi connectivity index (χ4v) is 3.54. The number of benzene rings is 2. The van der Waals surface area contributed by atoms with E-state index in [2.05, 4.69) is 40.6 Å². The molecule has 6 rings (SSSR count). The van der Waals surface area contributed by atoms with Crippen LogP contribution in [-0.2, 0) is 0 Å². The van der Waals surface area contributed by atoms with E-state index < -0.39 is 0 Å². The fraction of sp³-hybridized carbons (Fsp3) is 0. The first-order chi connectivity index (χ1) is 14.3. The van der Waals surface area contributed by atoms with Crippen LogP contribution >= 0.6 is 0 Å². The van der Waals surface area contributed by atoms with Crippen molar-refractivity contribution in [2.75, 3.05) is 10.6 Å². The zero-order chi connectivity index (χ0) is 19.4. The molecule has 0 fully saturated rings. The first-order valence-electron chi connectivity index (χ1n) is 8.89. The molecule has 0 spiro atoms. The Bertz CT molecular complexity index is 1420. The van der Waals surface area contributed by atoms with Crippen molar-refractivity contribution in [3.63, 3.8) is 0 Å². The van der Waals surface area contributed by atoms with Gasteiger partial charge in [0.05, 0.1) is 35.0 Å². The lowest BCUT2D eigenvalue weighted by atomic mass is 10.1. The van der Waals surface area contributed by atoms with Gasteiger partial charge in [0.2, 0.25) is 5.95 Å². The van der Waals surface area contributed by atoms with E-state index in [0.717, 1.165) is 38.6 Å². The van der Waals surface area contributed by atoms with Gasteiger partial charge in [-0.25, -0.2) is 0 Å². The molecular weight excluding hydrogens is 368 g/mol. The highest BCUT2D eigenvalue weighted by Crippen LogP contribution is 2.38. The van der Waals surface area contributed by atoms with E-state index in [1.165, 1.54) is 0 Å². The summed E-state index contributed by atoms with van der Waals surface area (Å²) < 4.78 is 0. The zero-order valence-electron chi connectivity index (χ0n) is 15.0. The second-order valence-electron chi connectivity index (χ2n) is 6.66. The summed E-state index contributed by atoms with van der Waals surface area (Å²) >= 11 is 0. The largest absolute Gasteiger partial charge is 0.368 e. The molecule has 29 heavy (non-hydrogen) atoms. The maximum atomic E-state index is 6.00. The van der Waals surface area contributed by atoms with Crippen LogP contribution in [0.2, 0.25) is 0 Å². The molecule has 0 unspecified atom stereocenters. The molecule has 2 aromatic carbocycles. The summed E-state index contributed by atoms with van der Waals surface area (Å²) in [4.78, 5) is 10.8. The molecule has 140 valence electrons. The number of aromatic amines is 3. The monoisotopic (exact) mass is 382 g/mol. The lowest BCUT2D eigenvalue weighted by Crippen LogP contribution is -2.13. The SMILES string of the molecule is Nc1nc(N(c2ccc3[nH]ncc3c2)c2ccc3[nH]ncc3c2)c2cn[nH]c2n1. The summed E-state index contributed by atoms with van der Waals surface area (Å²) in [5.74, 6) is 0.794. The minimum absolute atomic E-state index is 0.163. The number of aromatic nitrogens is 8. The second-order valence-corrected chi connectivity index (χ2v) is 6.66. The van der Waals surface area contributed by atoms with Crippen molar-refractivity contribution in [1.82, 2.24) is 40.6 Å². The van der Waals surface area contributed by atoms with Gasteiger partial charge >= 0.3 is 0 Å². The molecule has 6 aromatic rings. The predicted molar refractivity (Wildman–Crippen MR) is 110 cm³/mol. The Kier molecular flexibility index (Phi) is 3.09. The van der Waals surface area contributed by atoms with Crippen molar-refractivity contribution >= 4 is 56.0 Å². The Morgan fingerprint density at radius 3 is 2.00 bits per heavy atom. The molecule has 4 aromatic heterocycles. The summed E-state index contributed by atoms with van der Waals surface area (Å²) in [7, 11) is 0. The van der Waals surface area contributed by atoms with Gasteiger partial charge in [-0.15, -0.1) is 0 Å². The van der Waals surface area contributed by atoms with E-state index >= 15 is 0 Å². The number of rotatable bonds is 3. The van der Waals surface area contributed by atoms with Gasteiger partial charge in [-0.3, -0.25) is 20.2 Å². The van der Waals surface area contributed by atoms with Gasteiger partial charge in [0.1, 0.15) is 0 Å². The zero-order valence-corrected chi connectivity index (χ0v) is 15.0. The first kappa shape index (κ1) is 15.6. The Balaban J connectivity index is 1.65. The number of nitrogen functional groups attached to an aromatic ring is 1. The molecule has 0 atom stereocenters. The number of anilines is 4. The Morgan fingerprint density at radius 2 is 1.34 bits per heavy atom. The van der Waals surface area contributed by atoms with Crippen molar-refractivity contribution in [2.24, 2.45) is 0 Å². The number of nitrogens with zero attached hydrogens (tertiary/aromatic N) is 6. The molecule has 0 amide bonds. The highest BCUT2D eigenvalue weighted by molar-refractivity contribution is 5.96. The van der Waals surface area contributed by atoms with E-state index in [1.54, 1.807) is 18.6 Å². The van der Waals surface area contributed by atoms with Crippen molar-refractivity contribution < 1.29 is 0 Å². The van der Waals surface area contributed by atoms with Crippen molar-refractivity contribution in [1.29, 1.82) is 0 Å². The summed E-state index contributed by atoms with van der Waals surface area (Å²) in [6, 6.07) is 12.1. The molecule has 10 heteroatoms. The van der Waals surface area contributed by atoms with E-state index in [1.807, 2.05) is 41.3 Å². The van der Waals surface area contributed by atoms with Gasteiger partial charge in [0, 0.05) is 22.1 Å². The molecule has 0 aliphatic rings. The molecule has 10 nitrogen and oxygen atoms in total. The lowest BCUT2D eigenvalue weighted by molar-refractivity contribution is 1.09. The van der Waals surface area contributed by atoms with Gasteiger partial charge in [0.25, 0.3) is 0 Å². The molecule has 0 bridgehead atoms.